The number of carbonyl (C=O) groups excluding carboxylic acids is 1. The van der Waals surface area contributed by atoms with Crippen molar-refractivity contribution in [1.82, 2.24) is 19.8 Å². The molecule has 1 saturated heterocycles. The first-order valence-corrected chi connectivity index (χ1v) is 10.4. The van der Waals surface area contributed by atoms with Crippen LogP contribution in [0.2, 0.25) is 5.02 Å². The van der Waals surface area contributed by atoms with Crippen LogP contribution in [0.1, 0.15) is 10.8 Å². The number of hydrogen-bond donors (Lipinski definition) is 1. The van der Waals surface area contributed by atoms with Gasteiger partial charge >= 0.3 is 0 Å². The number of morpholine rings is 1. The highest BCUT2D eigenvalue weighted by Gasteiger charge is 2.30. The van der Waals surface area contributed by atoms with E-state index in [0.29, 0.717) is 42.3 Å². The molecule has 29 heavy (non-hydrogen) atoms. The Morgan fingerprint density at radius 2 is 1.76 bits per heavy atom. The lowest BCUT2D eigenvalue weighted by Gasteiger charge is -2.30. The van der Waals surface area contributed by atoms with Crippen LogP contribution in [0.25, 0.3) is 11.4 Å². The second-order valence-electron chi connectivity index (χ2n) is 6.53. The second-order valence-corrected chi connectivity index (χ2v) is 8.04. The zero-order valence-corrected chi connectivity index (χ0v) is 17.1. The third kappa shape index (κ3) is 4.39. The molecule has 2 aromatic carbocycles. The van der Waals surface area contributed by atoms with Gasteiger partial charge in [0, 0.05) is 23.7 Å². The predicted molar refractivity (Wildman–Crippen MR) is 113 cm³/mol. The summed E-state index contributed by atoms with van der Waals surface area (Å²) in [6, 6.07) is 16.8. The average molecular weight is 430 g/mol. The highest BCUT2D eigenvalue weighted by Crippen LogP contribution is 2.36. The third-order valence-corrected chi connectivity index (χ3v) is 6.09. The maximum absolute atomic E-state index is 13.3. The number of thioether (sulfide) groups is 1. The number of nitrogens with two attached hydrogens (primary N) is 1. The zero-order chi connectivity index (χ0) is 20.2. The molecule has 0 radical (unpaired) electrons. The van der Waals surface area contributed by atoms with Crippen molar-refractivity contribution in [3.8, 4) is 11.4 Å². The van der Waals surface area contributed by atoms with E-state index in [4.69, 9.17) is 22.2 Å². The Morgan fingerprint density at radius 1 is 1.07 bits per heavy atom. The number of rotatable bonds is 5. The number of carbonyl (C=O) groups is 1. The standard InChI is InChI=1S/C20H20ClN5O2S/c21-16-8-6-15(7-9-16)18-23-24-20(26(18)22)29-17(14-4-2-1-3-5-14)19(27)25-10-12-28-13-11-25/h1-9,17H,10-13,22H2/t17-/m0/s1. The maximum Gasteiger partial charge on any atom is 0.240 e. The van der Waals surface area contributed by atoms with E-state index in [1.807, 2.05) is 47.4 Å². The van der Waals surface area contributed by atoms with Crippen LogP contribution < -0.4 is 5.84 Å². The zero-order valence-electron chi connectivity index (χ0n) is 15.6. The van der Waals surface area contributed by atoms with Gasteiger partial charge in [0.2, 0.25) is 11.1 Å². The fraction of sp³-hybridized carbons (Fsp3) is 0.250. The van der Waals surface area contributed by atoms with Crippen LogP contribution in [-0.4, -0.2) is 52.0 Å². The molecule has 2 N–H and O–H groups in total. The molecule has 0 spiro atoms. The number of amides is 1. The lowest BCUT2D eigenvalue weighted by molar-refractivity contribution is -0.134. The first-order valence-electron chi connectivity index (χ1n) is 9.18. The topological polar surface area (TPSA) is 86.3 Å². The highest BCUT2D eigenvalue weighted by molar-refractivity contribution is 8.00. The molecule has 2 heterocycles. The van der Waals surface area contributed by atoms with E-state index in [0.717, 1.165) is 11.1 Å². The molecule has 150 valence electrons. The number of halogens is 1. The minimum absolute atomic E-state index is 0.0144. The fourth-order valence-electron chi connectivity index (χ4n) is 3.10. The lowest BCUT2D eigenvalue weighted by atomic mass is 10.1. The number of hydrogen-bond acceptors (Lipinski definition) is 6. The summed E-state index contributed by atoms with van der Waals surface area (Å²) in [6.07, 6.45) is 0. The molecule has 0 bridgehead atoms. The Labute approximate surface area is 177 Å². The number of nitrogens with zero attached hydrogens (tertiary/aromatic N) is 4. The van der Waals surface area contributed by atoms with Crippen LogP contribution in [0.4, 0.5) is 0 Å². The van der Waals surface area contributed by atoms with Crippen molar-refractivity contribution < 1.29 is 9.53 Å². The summed E-state index contributed by atoms with van der Waals surface area (Å²) in [5.74, 6) is 6.79. The Balaban J connectivity index is 1.62. The van der Waals surface area contributed by atoms with E-state index in [2.05, 4.69) is 10.2 Å². The minimum atomic E-state index is -0.473. The molecule has 7 nitrogen and oxygen atoms in total. The van der Waals surface area contributed by atoms with Crippen LogP contribution in [0.15, 0.2) is 59.8 Å². The Morgan fingerprint density at radius 3 is 2.45 bits per heavy atom. The smallest absolute Gasteiger partial charge is 0.240 e. The van der Waals surface area contributed by atoms with Gasteiger partial charge in [0.05, 0.1) is 13.2 Å². The molecule has 0 aliphatic carbocycles. The van der Waals surface area contributed by atoms with Crippen molar-refractivity contribution in [3.05, 3.63) is 65.2 Å². The van der Waals surface area contributed by atoms with Gasteiger partial charge in [-0.2, -0.15) is 0 Å². The number of ether oxygens (including phenoxy) is 1. The molecule has 1 fully saturated rings. The highest BCUT2D eigenvalue weighted by atomic mass is 35.5. The summed E-state index contributed by atoms with van der Waals surface area (Å²) >= 11 is 7.26. The van der Waals surface area contributed by atoms with Crippen molar-refractivity contribution in [2.75, 3.05) is 32.1 Å². The van der Waals surface area contributed by atoms with Gasteiger partial charge in [-0.25, -0.2) is 4.68 Å². The van der Waals surface area contributed by atoms with Crippen LogP contribution in [-0.2, 0) is 9.53 Å². The number of aromatic nitrogens is 3. The molecule has 1 aliphatic heterocycles. The molecule has 1 atom stereocenters. The molecule has 9 heteroatoms. The Hall–Kier alpha value is -2.55. The number of benzene rings is 2. The van der Waals surface area contributed by atoms with Crippen LogP contribution >= 0.6 is 23.4 Å². The van der Waals surface area contributed by atoms with Crippen molar-refractivity contribution in [2.24, 2.45) is 0 Å². The fourth-order valence-corrected chi connectivity index (χ4v) is 4.26. The summed E-state index contributed by atoms with van der Waals surface area (Å²) in [5.41, 5.74) is 1.69. The first kappa shape index (κ1) is 19.8. The minimum Gasteiger partial charge on any atom is -0.378 e. The quantitative estimate of drug-likeness (QED) is 0.495. The monoisotopic (exact) mass is 429 g/mol. The van der Waals surface area contributed by atoms with Crippen molar-refractivity contribution >= 4 is 29.3 Å². The van der Waals surface area contributed by atoms with Gasteiger partial charge in [-0.15, -0.1) is 10.2 Å². The van der Waals surface area contributed by atoms with Gasteiger partial charge in [0.1, 0.15) is 5.25 Å². The van der Waals surface area contributed by atoms with Gasteiger partial charge in [0.15, 0.2) is 5.82 Å². The van der Waals surface area contributed by atoms with Gasteiger partial charge in [-0.1, -0.05) is 53.7 Å². The molecule has 0 unspecified atom stereocenters. The normalized spacial score (nSPS) is 15.3. The van der Waals surface area contributed by atoms with Gasteiger partial charge in [0.25, 0.3) is 0 Å². The molecule has 1 aromatic heterocycles. The predicted octanol–water partition coefficient (Wildman–Crippen LogP) is 3.00. The van der Waals surface area contributed by atoms with E-state index >= 15 is 0 Å². The van der Waals surface area contributed by atoms with Crippen LogP contribution in [0.5, 0.6) is 0 Å². The average Bonchev–Trinajstić information content (AvgIpc) is 3.13. The Kier molecular flexibility index (Phi) is 6.03. The van der Waals surface area contributed by atoms with E-state index in [-0.39, 0.29) is 5.91 Å². The molecule has 3 aromatic rings. The first-order chi connectivity index (χ1) is 14.1. The van der Waals surface area contributed by atoms with Gasteiger partial charge in [-0.3, -0.25) is 4.79 Å². The summed E-state index contributed by atoms with van der Waals surface area (Å²) in [6.45, 7) is 2.25. The molecule has 1 amide bonds. The summed E-state index contributed by atoms with van der Waals surface area (Å²) in [4.78, 5) is 15.1. The van der Waals surface area contributed by atoms with Crippen molar-refractivity contribution in [3.63, 3.8) is 0 Å². The van der Waals surface area contributed by atoms with Gasteiger partial charge < -0.3 is 15.5 Å². The molecular weight excluding hydrogens is 410 g/mol. The number of nitrogen functional groups attached to an aromatic ring is 1. The third-order valence-electron chi connectivity index (χ3n) is 4.64. The molecule has 1 aliphatic rings. The summed E-state index contributed by atoms with van der Waals surface area (Å²) < 4.78 is 6.79. The summed E-state index contributed by atoms with van der Waals surface area (Å²) in [7, 11) is 0. The second kappa shape index (κ2) is 8.86. The lowest BCUT2D eigenvalue weighted by Crippen LogP contribution is -2.42. The van der Waals surface area contributed by atoms with Gasteiger partial charge in [-0.05, 0) is 29.8 Å². The summed E-state index contributed by atoms with van der Waals surface area (Å²) in [5, 5.41) is 9.06. The SMILES string of the molecule is Nn1c(S[C@H](C(=O)N2CCOCC2)c2ccccc2)nnc1-c1ccc(Cl)cc1. The van der Waals surface area contributed by atoms with E-state index < -0.39 is 5.25 Å². The van der Waals surface area contributed by atoms with E-state index in [1.165, 1.54) is 16.4 Å². The largest absolute Gasteiger partial charge is 0.378 e. The molecule has 4 rings (SSSR count). The van der Waals surface area contributed by atoms with Crippen molar-refractivity contribution in [2.45, 2.75) is 10.4 Å². The van der Waals surface area contributed by atoms with Crippen LogP contribution in [0, 0.1) is 0 Å². The Bertz CT molecular complexity index is 974. The van der Waals surface area contributed by atoms with Crippen molar-refractivity contribution in [1.29, 1.82) is 0 Å². The van der Waals surface area contributed by atoms with E-state index in [9.17, 15) is 4.79 Å². The van der Waals surface area contributed by atoms with Crippen LogP contribution in [0.3, 0.4) is 0 Å². The van der Waals surface area contributed by atoms with E-state index in [1.54, 1.807) is 12.1 Å². The molecule has 0 saturated carbocycles. The molecular formula is C20H20ClN5O2S. The maximum atomic E-state index is 13.3.